The molecule has 1 aliphatic rings. The van der Waals surface area contributed by atoms with Crippen molar-refractivity contribution >= 4 is 61.0 Å². The van der Waals surface area contributed by atoms with Gasteiger partial charge in [-0.05, 0) is 63.2 Å². The molecule has 0 spiro atoms. The van der Waals surface area contributed by atoms with Gasteiger partial charge < -0.3 is 24.3 Å². The number of hydrogen-bond donors (Lipinski definition) is 3. The van der Waals surface area contributed by atoms with E-state index in [0.29, 0.717) is 37.3 Å². The summed E-state index contributed by atoms with van der Waals surface area (Å²) in [6.07, 6.45) is -1.01. The first-order chi connectivity index (χ1) is 24.4. The van der Waals surface area contributed by atoms with Gasteiger partial charge in [-0.2, -0.15) is 0 Å². The molecule has 0 saturated carbocycles. The van der Waals surface area contributed by atoms with Crippen molar-refractivity contribution in [2.45, 2.75) is 43.7 Å². The monoisotopic (exact) mass is 809 g/mol. The summed E-state index contributed by atoms with van der Waals surface area (Å²) in [6, 6.07) is 9.90. The first kappa shape index (κ1) is 39.9. The number of carbonyl (C=O) groups excluding carboxylic acids is 3. The van der Waals surface area contributed by atoms with Crippen LogP contribution in [0.3, 0.4) is 0 Å². The Balaban J connectivity index is 1.53. The molecule has 52 heavy (non-hydrogen) atoms. The van der Waals surface area contributed by atoms with E-state index >= 15 is 0 Å². The summed E-state index contributed by atoms with van der Waals surface area (Å²) in [7, 11) is -3.48. The van der Waals surface area contributed by atoms with Crippen molar-refractivity contribution in [2.75, 3.05) is 50.6 Å². The Labute approximate surface area is 307 Å². The van der Waals surface area contributed by atoms with Gasteiger partial charge in [0.15, 0.2) is 5.82 Å². The van der Waals surface area contributed by atoms with Crippen LogP contribution in [0.4, 0.5) is 26.2 Å². The van der Waals surface area contributed by atoms with Crippen molar-refractivity contribution in [1.82, 2.24) is 9.62 Å². The van der Waals surface area contributed by atoms with Crippen molar-refractivity contribution in [3.8, 4) is 11.5 Å². The number of nitrogens with zero attached hydrogens (tertiary/aromatic N) is 2. The highest BCUT2D eigenvalue weighted by Crippen LogP contribution is 2.32. The molecule has 280 valence electrons. The summed E-state index contributed by atoms with van der Waals surface area (Å²) in [5.41, 5.74) is -1.97. The van der Waals surface area contributed by atoms with E-state index in [2.05, 4.69) is 26.6 Å². The second kappa shape index (κ2) is 17.1. The first-order valence-corrected chi connectivity index (χ1v) is 18.0. The number of benzene rings is 3. The number of ether oxygens (including phenoxy) is 4. The Kier molecular flexibility index (Phi) is 13.1. The van der Waals surface area contributed by atoms with E-state index in [1.165, 1.54) is 43.5 Å². The number of methoxy groups -OCH3 is 1. The van der Waals surface area contributed by atoms with Crippen LogP contribution in [-0.4, -0.2) is 87.8 Å². The molecule has 1 aliphatic heterocycles. The largest absolute Gasteiger partial charge is 0.469 e. The predicted octanol–water partition coefficient (Wildman–Crippen LogP) is 5.43. The first-order valence-electron chi connectivity index (χ1n) is 15.7. The Morgan fingerprint density at radius 2 is 1.75 bits per heavy atom. The molecule has 19 heteroatoms. The van der Waals surface area contributed by atoms with Gasteiger partial charge in [0, 0.05) is 42.3 Å². The molecule has 4 rings (SSSR count). The van der Waals surface area contributed by atoms with Crippen molar-refractivity contribution in [3.05, 3.63) is 80.6 Å². The average molecular weight is 811 g/mol. The van der Waals surface area contributed by atoms with Gasteiger partial charge in [-0.1, -0.05) is 15.9 Å². The van der Waals surface area contributed by atoms with Crippen molar-refractivity contribution < 1.29 is 51.1 Å². The van der Waals surface area contributed by atoms with Gasteiger partial charge in [0.1, 0.15) is 22.8 Å². The van der Waals surface area contributed by atoms with Crippen LogP contribution in [0.1, 0.15) is 37.6 Å². The molecule has 3 aromatic rings. The number of hydrogen-bond acceptors (Lipinski definition) is 13. The molecule has 1 heterocycles. The summed E-state index contributed by atoms with van der Waals surface area (Å²) in [5.74, 6) is -2.86. The van der Waals surface area contributed by atoms with E-state index in [4.69, 9.17) is 18.9 Å². The lowest BCUT2D eigenvalue weighted by Crippen LogP contribution is -2.44. The molecule has 3 N–H and O–H groups in total. The van der Waals surface area contributed by atoms with E-state index in [9.17, 15) is 37.3 Å². The highest BCUT2D eigenvalue weighted by atomic mass is 79.9. The highest BCUT2D eigenvalue weighted by Gasteiger charge is 2.28. The molecular formula is C33H37BrFN5O11S. The lowest BCUT2D eigenvalue weighted by Gasteiger charge is -2.30. The highest BCUT2D eigenvalue weighted by molar-refractivity contribution is 9.10. The van der Waals surface area contributed by atoms with Crippen molar-refractivity contribution in [3.63, 3.8) is 0 Å². The lowest BCUT2D eigenvalue weighted by molar-refractivity contribution is -0.384. The summed E-state index contributed by atoms with van der Waals surface area (Å²) in [5, 5.41) is 17.3. The summed E-state index contributed by atoms with van der Waals surface area (Å²) < 4.78 is 64.9. The quantitative estimate of drug-likeness (QED) is 0.112. The Hall–Kier alpha value is -4.85. The molecule has 0 unspecified atom stereocenters. The number of halogens is 2. The Morgan fingerprint density at radius 3 is 2.38 bits per heavy atom. The molecule has 1 fully saturated rings. The third-order valence-corrected chi connectivity index (χ3v) is 9.10. The average Bonchev–Trinajstić information content (AvgIpc) is 3.05. The fraction of sp³-hybridized carbons (Fsp3) is 0.364. The van der Waals surface area contributed by atoms with Gasteiger partial charge in [-0.25, -0.2) is 22.3 Å². The van der Waals surface area contributed by atoms with Crippen LogP contribution in [0.5, 0.6) is 11.5 Å². The molecular weight excluding hydrogens is 773 g/mol. The SMILES string of the molecule is COC(=O)C[C@@H](CN1CCOCC1)Nc1ccc(S(=O)(=O)NC(=O)c2ccc(Br)cc2Oc2ccc(NC(=O)OC(C)(C)C)c(F)c2)cc1[N+](=O)[O-]. The third-order valence-electron chi connectivity index (χ3n) is 7.28. The maximum absolute atomic E-state index is 14.9. The standard InChI is InChI=1S/C33H37BrFN5O11S/c1-33(2,3)51-32(43)37-26-9-6-22(17-25(26)35)50-29-15-20(34)5-8-24(29)31(42)38-52(46,47)23-7-10-27(28(18-23)40(44)45)36-21(16-30(41)48-4)19-39-11-13-49-14-12-39/h5-10,15,17-18,21,36H,11-14,16,19H2,1-4H3,(H,37,43)(H,38,42)/t21-/m0/s1. The molecule has 0 aliphatic carbocycles. The van der Waals surface area contributed by atoms with E-state index in [0.717, 1.165) is 18.2 Å². The summed E-state index contributed by atoms with van der Waals surface area (Å²) in [4.78, 5) is 50.2. The lowest BCUT2D eigenvalue weighted by atomic mass is 10.1. The van der Waals surface area contributed by atoms with Crippen molar-refractivity contribution in [1.29, 1.82) is 0 Å². The number of anilines is 2. The Morgan fingerprint density at radius 1 is 1.06 bits per heavy atom. The van der Waals surface area contributed by atoms with Crippen LogP contribution in [-0.2, 0) is 29.0 Å². The number of rotatable bonds is 13. The minimum atomic E-state index is -4.70. The van der Waals surface area contributed by atoms with Crippen LogP contribution in [0.15, 0.2) is 64.0 Å². The minimum Gasteiger partial charge on any atom is -0.469 e. The number of nitrogens with one attached hydrogen (secondary N) is 3. The number of nitro benzene ring substituents is 1. The zero-order valence-electron chi connectivity index (χ0n) is 28.6. The van der Waals surface area contributed by atoms with Crippen LogP contribution in [0.25, 0.3) is 0 Å². The normalized spacial score (nSPS) is 14.1. The summed E-state index contributed by atoms with van der Waals surface area (Å²) in [6.45, 7) is 7.40. The fourth-order valence-electron chi connectivity index (χ4n) is 4.92. The molecule has 16 nitrogen and oxygen atoms in total. The number of esters is 1. The maximum Gasteiger partial charge on any atom is 0.412 e. The molecule has 0 aromatic heterocycles. The Bertz CT molecular complexity index is 1940. The van der Waals surface area contributed by atoms with Crippen LogP contribution < -0.4 is 20.1 Å². The van der Waals surface area contributed by atoms with Gasteiger partial charge in [-0.3, -0.25) is 29.9 Å². The molecule has 1 saturated heterocycles. The minimum absolute atomic E-state index is 0.0550. The number of amides is 2. The molecule has 0 radical (unpaired) electrons. The fourth-order valence-corrected chi connectivity index (χ4v) is 6.24. The number of morpholine rings is 1. The van der Waals surface area contributed by atoms with Gasteiger partial charge >= 0.3 is 12.1 Å². The van der Waals surface area contributed by atoms with E-state index < -0.39 is 61.0 Å². The van der Waals surface area contributed by atoms with Crippen molar-refractivity contribution in [2.24, 2.45) is 0 Å². The summed E-state index contributed by atoms with van der Waals surface area (Å²) >= 11 is 3.25. The van der Waals surface area contributed by atoms with E-state index in [1.807, 2.05) is 9.62 Å². The topological polar surface area (TPSA) is 205 Å². The van der Waals surface area contributed by atoms with Crippen LogP contribution in [0.2, 0.25) is 0 Å². The van der Waals surface area contributed by atoms with Gasteiger partial charge in [0.2, 0.25) is 0 Å². The molecule has 3 aromatic carbocycles. The molecule has 1 atom stereocenters. The maximum atomic E-state index is 14.9. The number of nitro groups is 1. The van der Waals surface area contributed by atoms with Gasteiger partial charge in [-0.15, -0.1) is 0 Å². The van der Waals surface area contributed by atoms with Gasteiger partial charge in [0.25, 0.3) is 21.6 Å². The number of sulfonamides is 1. The van der Waals surface area contributed by atoms with E-state index in [-0.39, 0.29) is 34.9 Å². The zero-order valence-corrected chi connectivity index (χ0v) is 31.0. The predicted molar refractivity (Wildman–Crippen MR) is 190 cm³/mol. The second-order valence-electron chi connectivity index (χ2n) is 12.4. The zero-order chi connectivity index (χ0) is 38.2. The van der Waals surface area contributed by atoms with Crippen LogP contribution >= 0.6 is 15.9 Å². The molecule has 2 amide bonds. The number of carbonyl (C=O) groups is 3. The van der Waals surface area contributed by atoms with Crippen LogP contribution in [0, 0.1) is 15.9 Å². The second-order valence-corrected chi connectivity index (χ2v) is 15.0. The van der Waals surface area contributed by atoms with E-state index in [1.54, 1.807) is 20.8 Å². The molecule has 0 bridgehead atoms. The van der Waals surface area contributed by atoms with Gasteiger partial charge in [0.05, 0.1) is 47.8 Å². The third kappa shape index (κ3) is 11.3. The smallest absolute Gasteiger partial charge is 0.412 e.